The number of fused-ring (bicyclic) bond motifs is 1. The molecule has 3 aromatic rings. The Morgan fingerprint density at radius 2 is 1.91 bits per heavy atom. The summed E-state index contributed by atoms with van der Waals surface area (Å²) in [5.74, 6) is -0.0674. The summed E-state index contributed by atoms with van der Waals surface area (Å²) in [6, 6.07) is 13.6. The van der Waals surface area contributed by atoms with Crippen LogP contribution in [0.15, 0.2) is 54.7 Å². The lowest BCUT2D eigenvalue weighted by Crippen LogP contribution is -2.44. The number of benzene rings is 2. The lowest BCUT2D eigenvalue weighted by Gasteiger charge is -2.36. The first kappa shape index (κ1) is 22.5. The van der Waals surface area contributed by atoms with Crippen molar-refractivity contribution in [1.29, 1.82) is 0 Å². The van der Waals surface area contributed by atoms with Gasteiger partial charge in [0.25, 0.3) is 5.91 Å². The molecule has 0 atom stereocenters. The molecule has 0 saturated carbocycles. The highest BCUT2D eigenvalue weighted by molar-refractivity contribution is 6.31. The first-order chi connectivity index (χ1) is 15.5. The Morgan fingerprint density at radius 1 is 1.12 bits per heavy atom. The third-order valence-corrected chi connectivity index (χ3v) is 6.28. The summed E-state index contributed by atoms with van der Waals surface area (Å²) >= 11 is 5.77. The van der Waals surface area contributed by atoms with E-state index in [9.17, 15) is 9.18 Å². The molecule has 0 bridgehead atoms. The Labute approximate surface area is 191 Å². The van der Waals surface area contributed by atoms with E-state index in [-0.39, 0.29) is 10.9 Å². The number of hydrogen-bond acceptors (Lipinski definition) is 3. The van der Waals surface area contributed by atoms with Gasteiger partial charge in [0.2, 0.25) is 0 Å². The SMILES string of the molecule is O=C(c1ccc(F)c(Cl)c1)N1CCC(F)(CCCCOc2cccc3cccnc23)CC1. The van der Waals surface area contributed by atoms with Crippen LogP contribution in [-0.2, 0) is 0 Å². The van der Waals surface area contributed by atoms with Crippen LogP contribution < -0.4 is 4.74 Å². The zero-order chi connectivity index (χ0) is 22.6. The van der Waals surface area contributed by atoms with Crippen LogP contribution in [-0.4, -0.2) is 41.2 Å². The number of alkyl halides is 1. The molecule has 1 aromatic heterocycles. The third-order valence-electron chi connectivity index (χ3n) is 5.99. The van der Waals surface area contributed by atoms with Crippen molar-refractivity contribution in [1.82, 2.24) is 9.88 Å². The molecule has 2 heterocycles. The quantitative estimate of drug-likeness (QED) is 0.395. The molecule has 32 heavy (non-hydrogen) atoms. The van der Waals surface area contributed by atoms with E-state index in [1.165, 1.54) is 18.2 Å². The highest BCUT2D eigenvalue weighted by Gasteiger charge is 2.35. The number of pyridine rings is 1. The Hall–Kier alpha value is -2.73. The Morgan fingerprint density at radius 3 is 2.69 bits per heavy atom. The van der Waals surface area contributed by atoms with Crippen molar-refractivity contribution in [2.75, 3.05) is 19.7 Å². The number of piperidine rings is 1. The van der Waals surface area contributed by atoms with E-state index < -0.39 is 11.5 Å². The van der Waals surface area contributed by atoms with Crippen LogP contribution in [0.2, 0.25) is 5.02 Å². The second-order valence-electron chi connectivity index (χ2n) is 8.21. The Kier molecular flexibility index (Phi) is 6.89. The predicted octanol–water partition coefficient (Wildman–Crippen LogP) is 6.22. The first-order valence-electron chi connectivity index (χ1n) is 10.8. The maximum Gasteiger partial charge on any atom is 0.253 e. The fourth-order valence-electron chi connectivity index (χ4n) is 4.09. The van der Waals surface area contributed by atoms with Crippen molar-refractivity contribution in [2.24, 2.45) is 0 Å². The van der Waals surface area contributed by atoms with Crippen LogP contribution in [0.25, 0.3) is 10.9 Å². The predicted molar refractivity (Wildman–Crippen MR) is 121 cm³/mol. The van der Waals surface area contributed by atoms with Gasteiger partial charge in [-0.1, -0.05) is 29.8 Å². The summed E-state index contributed by atoms with van der Waals surface area (Å²) in [6.07, 6.45) is 4.21. The average Bonchev–Trinajstić information content (AvgIpc) is 2.81. The summed E-state index contributed by atoms with van der Waals surface area (Å²) in [4.78, 5) is 18.6. The third kappa shape index (κ3) is 5.18. The molecule has 0 spiro atoms. The number of unbranched alkanes of at least 4 members (excludes halogenated alkanes) is 1. The molecular formula is C25H25ClF2N2O2. The topological polar surface area (TPSA) is 42.4 Å². The average molecular weight is 459 g/mol. The molecular weight excluding hydrogens is 434 g/mol. The number of para-hydroxylation sites is 1. The van der Waals surface area contributed by atoms with Crippen molar-refractivity contribution >= 4 is 28.4 Å². The monoisotopic (exact) mass is 458 g/mol. The summed E-state index contributed by atoms with van der Waals surface area (Å²) in [5.41, 5.74) is -0.127. The number of aromatic nitrogens is 1. The Balaban J connectivity index is 1.22. The maximum atomic E-state index is 15.2. The smallest absolute Gasteiger partial charge is 0.253 e. The largest absolute Gasteiger partial charge is 0.491 e. The molecule has 168 valence electrons. The van der Waals surface area contributed by atoms with Crippen LogP contribution in [0.5, 0.6) is 5.75 Å². The molecule has 0 aliphatic carbocycles. The minimum atomic E-state index is -1.28. The van der Waals surface area contributed by atoms with E-state index in [4.69, 9.17) is 16.3 Å². The number of rotatable bonds is 7. The Bertz CT molecular complexity index is 1090. The number of halogens is 3. The molecule has 1 fully saturated rings. The van der Waals surface area contributed by atoms with Crippen molar-refractivity contribution in [3.05, 3.63) is 71.1 Å². The summed E-state index contributed by atoms with van der Waals surface area (Å²) in [6.45, 7) is 1.17. The standard InChI is InChI=1S/C25H25ClF2N2O2/c26-20-17-19(8-9-21(20)27)24(31)30-14-11-25(28,12-15-30)10-1-2-16-32-22-7-3-5-18-6-4-13-29-23(18)22/h3-9,13,17H,1-2,10-12,14-16H2. The lowest BCUT2D eigenvalue weighted by molar-refractivity contribution is 0.0382. The van der Waals surface area contributed by atoms with Crippen molar-refractivity contribution in [3.63, 3.8) is 0 Å². The fraction of sp³-hybridized carbons (Fsp3) is 0.360. The van der Waals surface area contributed by atoms with Gasteiger partial charge in [0.15, 0.2) is 0 Å². The number of carbonyl (C=O) groups is 1. The van der Waals surface area contributed by atoms with E-state index in [0.29, 0.717) is 50.9 Å². The van der Waals surface area contributed by atoms with Crippen LogP contribution >= 0.6 is 11.6 Å². The van der Waals surface area contributed by atoms with Crippen LogP contribution in [0.4, 0.5) is 8.78 Å². The van der Waals surface area contributed by atoms with Gasteiger partial charge in [0.1, 0.15) is 22.8 Å². The zero-order valence-electron chi connectivity index (χ0n) is 17.7. The molecule has 0 unspecified atom stereocenters. The maximum absolute atomic E-state index is 15.2. The minimum Gasteiger partial charge on any atom is -0.491 e. The van der Waals surface area contributed by atoms with Crippen molar-refractivity contribution in [2.45, 2.75) is 37.8 Å². The molecule has 1 saturated heterocycles. The van der Waals surface area contributed by atoms with Gasteiger partial charge >= 0.3 is 0 Å². The second kappa shape index (κ2) is 9.82. The van der Waals surface area contributed by atoms with Gasteiger partial charge in [-0.3, -0.25) is 9.78 Å². The molecule has 1 aliphatic heterocycles. The molecule has 2 aromatic carbocycles. The number of likely N-dealkylation sites (tertiary alicyclic amines) is 1. The second-order valence-corrected chi connectivity index (χ2v) is 8.62. The molecule has 4 rings (SSSR count). The van der Waals surface area contributed by atoms with E-state index in [0.717, 1.165) is 23.1 Å². The normalized spacial score (nSPS) is 15.7. The number of ether oxygens (including phenoxy) is 1. The molecule has 4 nitrogen and oxygen atoms in total. The zero-order valence-corrected chi connectivity index (χ0v) is 18.5. The number of hydrogen-bond donors (Lipinski definition) is 0. The van der Waals surface area contributed by atoms with Gasteiger partial charge in [0.05, 0.1) is 11.6 Å². The molecule has 0 N–H and O–H groups in total. The van der Waals surface area contributed by atoms with Gasteiger partial charge in [-0.2, -0.15) is 0 Å². The molecule has 1 amide bonds. The summed E-state index contributed by atoms with van der Waals surface area (Å²) in [7, 11) is 0. The summed E-state index contributed by atoms with van der Waals surface area (Å²) < 4.78 is 34.4. The van der Waals surface area contributed by atoms with Gasteiger partial charge in [0, 0.05) is 30.2 Å². The molecule has 0 radical (unpaired) electrons. The van der Waals surface area contributed by atoms with E-state index in [2.05, 4.69) is 4.98 Å². The van der Waals surface area contributed by atoms with Gasteiger partial charge in [-0.25, -0.2) is 8.78 Å². The van der Waals surface area contributed by atoms with Gasteiger partial charge in [-0.15, -0.1) is 0 Å². The van der Waals surface area contributed by atoms with Crippen molar-refractivity contribution in [3.8, 4) is 5.75 Å². The minimum absolute atomic E-state index is 0.0887. The van der Waals surface area contributed by atoms with Crippen LogP contribution in [0, 0.1) is 5.82 Å². The van der Waals surface area contributed by atoms with Crippen LogP contribution in [0.1, 0.15) is 42.5 Å². The van der Waals surface area contributed by atoms with Crippen LogP contribution in [0.3, 0.4) is 0 Å². The van der Waals surface area contributed by atoms with Gasteiger partial charge < -0.3 is 9.64 Å². The number of carbonyl (C=O) groups excluding carboxylic acids is 1. The van der Waals surface area contributed by atoms with E-state index >= 15 is 4.39 Å². The molecule has 7 heteroatoms. The summed E-state index contributed by atoms with van der Waals surface area (Å²) in [5, 5.41) is 0.936. The van der Waals surface area contributed by atoms with E-state index in [1.54, 1.807) is 11.1 Å². The van der Waals surface area contributed by atoms with E-state index in [1.807, 2.05) is 30.3 Å². The highest BCUT2D eigenvalue weighted by Crippen LogP contribution is 2.32. The fourth-order valence-corrected chi connectivity index (χ4v) is 4.27. The number of nitrogens with zero attached hydrogens (tertiary/aromatic N) is 2. The first-order valence-corrected chi connectivity index (χ1v) is 11.2. The molecule has 1 aliphatic rings. The lowest BCUT2D eigenvalue weighted by atomic mass is 9.88. The highest BCUT2D eigenvalue weighted by atomic mass is 35.5. The van der Waals surface area contributed by atoms with Gasteiger partial charge in [-0.05, 0) is 62.4 Å². The number of amides is 1. The van der Waals surface area contributed by atoms with Crippen molar-refractivity contribution < 1.29 is 18.3 Å².